The molecule has 0 amide bonds. The molecule has 2 aromatic rings. The van der Waals surface area contributed by atoms with Gasteiger partial charge in [0.2, 0.25) is 0 Å². The van der Waals surface area contributed by atoms with Crippen LogP contribution in [0, 0.1) is 6.92 Å². The number of benzene rings is 2. The number of anilines is 2. The van der Waals surface area contributed by atoms with Gasteiger partial charge in [-0.05, 0) is 43.7 Å². The number of para-hydroxylation sites is 1. The van der Waals surface area contributed by atoms with Crippen molar-refractivity contribution in [1.82, 2.24) is 0 Å². The first-order valence-electron chi connectivity index (χ1n) is 6.63. The summed E-state index contributed by atoms with van der Waals surface area (Å²) in [4.78, 5) is 2.29. The molecule has 0 unspecified atom stereocenters. The van der Waals surface area contributed by atoms with E-state index in [2.05, 4.69) is 84.6 Å². The van der Waals surface area contributed by atoms with Gasteiger partial charge in [-0.1, -0.05) is 48.0 Å². The molecule has 0 spiro atoms. The van der Waals surface area contributed by atoms with Gasteiger partial charge in [0.25, 0.3) is 0 Å². The lowest BCUT2D eigenvalue weighted by molar-refractivity contribution is 1.20. The predicted molar refractivity (Wildman–Crippen MR) is 81.6 cm³/mol. The fraction of sp³-hybridized carbons (Fsp3) is 0.111. The number of aryl methyl sites for hydroxylation is 1. The smallest absolute Gasteiger partial charge is 0.0461 e. The first-order valence-corrected chi connectivity index (χ1v) is 6.63. The Balaban J connectivity index is 2.06. The Hall–Kier alpha value is -2.28. The van der Waals surface area contributed by atoms with Crippen LogP contribution in [0.5, 0.6) is 0 Å². The van der Waals surface area contributed by atoms with Gasteiger partial charge in [0, 0.05) is 17.1 Å². The topological polar surface area (TPSA) is 3.24 Å². The molecule has 1 heteroatoms. The molecule has 0 bridgehead atoms. The fourth-order valence-corrected chi connectivity index (χ4v) is 2.33. The first-order chi connectivity index (χ1) is 9.34. The van der Waals surface area contributed by atoms with Crippen molar-refractivity contribution in [2.24, 2.45) is 0 Å². The summed E-state index contributed by atoms with van der Waals surface area (Å²) < 4.78 is 0. The van der Waals surface area contributed by atoms with Crippen LogP contribution in [-0.2, 0) is 0 Å². The molecule has 0 aromatic heterocycles. The molecule has 1 aliphatic rings. The van der Waals surface area contributed by atoms with Gasteiger partial charge in [0.05, 0.1) is 0 Å². The zero-order valence-electron chi connectivity index (χ0n) is 11.1. The minimum Gasteiger partial charge on any atom is -0.311 e. The highest BCUT2D eigenvalue weighted by molar-refractivity contribution is 5.70. The standard InChI is InChI=1S/C18H17N/c1-15-11-13-18(14-12-15)19(17-9-5-6-10-17)16-7-3-2-4-8-16/h2-5,7-14H,6H2,1H3. The van der Waals surface area contributed by atoms with Gasteiger partial charge in [-0.15, -0.1) is 0 Å². The van der Waals surface area contributed by atoms with Gasteiger partial charge in [-0.3, -0.25) is 0 Å². The molecule has 0 heterocycles. The quantitative estimate of drug-likeness (QED) is 0.739. The molecule has 2 aromatic carbocycles. The van der Waals surface area contributed by atoms with E-state index in [4.69, 9.17) is 0 Å². The van der Waals surface area contributed by atoms with Crippen molar-refractivity contribution in [2.75, 3.05) is 4.90 Å². The predicted octanol–water partition coefficient (Wildman–Crippen LogP) is 4.98. The van der Waals surface area contributed by atoms with E-state index in [1.54, 1.807) is 0 Å². The van der Waals surface area contributed by atoms with E-state index in [9.17, 15) is 0 Å². The third-order valence-corrected chi connectivity index (χ3v) is 3.32. The molecule has 0 saturated carbocycles. The van der Waals surface area contributed by atoms with Gasteiger partial charge in [0.1, 0.15) is 0 Å². The first kappa shape index (κ1) is 11.8. The maximum Gasteiger partial charge on any atom is 0.0461 e. The van der Waals surface area contributed by atoms with E-state index >= 15 is 0 Å². The summed E-state index contributed by atoms with van der Waals surface area (Å²) in [5, 5.41) is 0. The summed E-state index contributed by atoms with van der Waals surface area (Å²) in [7, 11) is 0. The molecule has 0 aliphatic heterocycles. The van der Waals surface area contributed by atoms with E-state index in [0.717, 1.165) is 6.42 Å². The van der Waals surface area contributed by atoms with Crippen molar-refractivity contribution >= 4 is 11.4 Å². The van der Waals surface area contributed by atoms with Crippen molar-refractivity contribution < 1.29 is 0 Å². The summed E-state index contributed by atoms with van der Waals surface area (Å²) >= 11 is 0. The zero-order chi connectivity index (χ0) is 13.1. The van der Waals surface area contributed by atoms with Crippen LogP contribution >= 0.6 is 0 Å². The minimum atomic E-state index is 1.02. The minimum absolute atomic E-state index is 1.02. The van der Waals surface area contributed by atoms with Gasteiger partial charge < -0.3 is 4.90 Å². The maximum atomic E-state index is 2.29. The lowest BCUT2D eigenvalue weighted by Gasteiger charge is -2.25. The van der Waals surface area contributed by atoms with E-state index in [-0.39, 0.29) is 0 Å². The molecule has 1 nitrogen and oxygen atoms in total. The lowest BCUT2D eigenvalue weighted by Crippen LogP contribution is -2.14. The summed E-state index contributed by atoms with van der Waals surface area (Å²) in [6, 6.07) is 19.2. The van der Waals surface area contributed by atoms with E-state index < -0.39 is 0 Å². The van der Waals surface area contributed by atoms with Crippen molar-refractivity contribution in [2.45, 2.75) is 13.3 Å². The van der Waals surface area contributed by atoms with Crippen LogP contribution in [0.25, 0.3) is 0 Å². The van der Waals surface area contributed by atoms with Gasteiger partial charge in [-0.25, -0.2) is 0 Å². The van der Waals surface area contributed by atoms with Gasteiger partial charge >= 0.3 is 0 Å². The van der Waals surface area contributed by atoms with Crippen LogP contribution in [-0.4, -0.2) is 0 Å². The Morgan fingerprint density at radius 3 is 2.16 bits per heavy atom. The molecule has 3 rings (SSSR count). The lowest BCUT2D eigenvalue weighted by atomic mass is 10.1. The summed E-state index contributed by atoms with van der Waals surface area (Å²) in [5.74, 6) is 0. The molecular formula is C18H17N. The fourth-order valence-electron chi connectivity index (χ4n) is 2.33. The molecular weight excluding hydrogens is 230 g/mol. The van der Waals surface area contributed by atoms with Crippen LogP contribution in [0.1, 0.15) is 12.0 Å². The highest BCUT2D eigenvalue weighted by Crippen LogP contribution is 2.32. The van der Waals surface area contributed by atoms with Crippen LogP contribution in [0.15, 0.2) is 78.5 Å². The van der Waals surface area contributed by atoms with Crippen LogP contribution in [0.4, 0.5) is 11.4 Å². The van der Waals surface area contributed by atoms with Gasteiger partial charge in [0.15, 0.2) is 0 Å². The van der Waals surface area contributed by atoms with Crippen LogP contribution < -0.4 is 4.90 Å². The number of allylic oxidation sites excluding steroid dienone is 3. The molecule has 0 N–H and O–H groups in total. The van der Waals surface area contributed by atoms with Crippen molar-refractivity contribution in [3.63, 3.8) is 0 Å². The second kappa shape index (κ2) is 5.15. The molecule has 0 saturated heterocycles. The van der Waals surface area contributed by atoms with E-state index in [0.29, 0.717) is 0 Å². The number of nitrogens with zero attached hydrogens (tertiary/aromatic N) is 1. The normalized spacial score (nSPS) is 13.4. The Morgan fingerprint density at radius 2 is 1.53 bits per heavy atom. The SMILES string of the molecule is Cc1ccc(N(C2=CCC=C2)c2ccccc2)cc1. The largest absolute Gasteiger partial charge is 0.311 e. The zero-order valence-corrected chi connectivity index (χ0v) is 11.1. The highest BCUT2D eigenvalue weighted by atomic mass is 15.1. The second-order valence-electron chi connectivity index (χ2n) is 4.77. The van der Waals surface area contributed by atoms with Crippen molar-refractivity contribution in [3.05, 3.63) is 84.1 Å². The Bertz CT molecular complexity index is 606. The third kappa shape index (κ3) is 2.45. The third-order valence-electron chi connectivity index (χ3n) is 3.32. The number of hydrogen-bond acceptors (Lipinski definition) is 1. The molecule has 94 valence electrons. The van der Waals surface area contributed by atoms with E-state index in [1.807, 2.05) is 0 Å². The molecule has 1 aliphatic carbocycles. The van der Waals surface area contributed by atoms with Crippen molar-refractivity contribution in [1.29, 1.82) is 0 Å². The van der Waals surface area contributed by atoms with Crippen LogP contribution in [0.2, 0.25) is 0 Å². The van der Waals surface area contributed by atoms with Crippen molar-refractivity contribution in [3.8, 4) is 0 Å². The maximum absolute atomic E-state index is 2.29. The number of hydrogen-bond donors (Lipinski definition) is 0. The summed E-state index contributed by atoms with van der Waals surface area (Å²) in [5.41, 5.74) is 4.93. The Morgan fingerprint density at radius 1 is 0.842 bits per heavy atom. The molecule has 0 radical (unpaired) electrons. The second-order valence-corrected chi connectivity index (χ2v) is 4.77. The molecule has 0 fully saturated rings. The Labute approximate surface area is 114 Å². The average molecular weight is 247 g/mol. The Kier molecular flexibility index (Phi) is 3.20. The molecule has 0 atom stereocenters. The van der Waals surface area contributed by atoms with Crippen LogP contribution in [0.3, 0.4) is 0 Å². The number of rotatable bonds is 3. The van der Waals surface area contributed by atoms with Gasteiger partial charge in [-0.2, -0.15) is 0 Å². The monoisotopic (exact) mass is 247 g/mol. The molecule has 19 heavy (non-hydrogen) atoms. The van der Waals surface area contributed by atoms with E-state index in [1.165, 1.54) is 22.6 Å². The summed E-state index contributed by atoms with van der Waals surface area (Å²) in [6.45, 7) is 2.12. The summed E-state index contributed by atoms with van der Waals surface area (Å²) in [6.07, 6.45) is 7.66. The highest BCUT2D eigenvalue weighted by Gasteiger charge is 2.13. The average Bonchev–Trinajstić information content (AvgIpc) is 2.96.